The lowest BCUT2D eigenvalue weighted by Crippen LogP contribution is -2.27. The molecule has 4 rings (SSSR count). The standard InChI is InChI=1S/C25H29ClN4/c1-17-4-2-5-19(12-17)15-29-25-7-3-6-24(30-25)22-14-21(28-16-23(22)26)13-18-8-10-20(27)11-9-18/h2-7,12,14,16,18,20H,8-11,13,15,27H2,1H3,(H,29,30). The Balaban J connectivity index is 1.48. The van der Waals surface area contributed by atoms with E-state index >= 15 is 0 Å². The fraction of sp³-hybridized carbons (Fsp3) is 0.360. The molecule has 0 aliphatic heterocycles. The highest BCUT2D eigenvalue weighted by Gasteiger charge is 2.20. The molecule has 1 aliphatic rings. The number of hydrogen-bond acceptors (Lipinski definition) is 4. The van der Waals surface area contributed by atoms with Crippen molar-refractivity contribution < 1.29 is 0 Å². The number of benzene rings is 1. The molecule has 1 saturated carbocycles. The van der Waals surface area contributed by atoms with Crippen LogP contribution >= 0.6 is 11.6 Å². The molecule has 3 N–H and O–H groups in total. The molecule has 0 bridgehead atoms. The van der Waals surface area contributed by atoms with Crippen molar-refractivity contribution in [2.75, 3.05) is 5.32 Å². The van der Waals surface area contributed by atoms with Crippen LogP contribution < -0.4 is 11.1 Å². The van der Waals surface area contributed by atoms with Crippen LogP contribution in [0.5, 0.6) is 0 Å². The molecule has 0 saturated heterocycles. The van der Waals surface area contributed by atoms with Gasteiger partial charge in [-0.1, -0.05) is 47.5 Å². The number of aryl methyl sites for hydroxylation is 1. The highest BCUT2D eigenvalue weighted by molar-refractivity contribution is 6.33. The minimum Gasteiger partial charge on any atom is -0.366 e. The fourth-order valence-corrected chi connectivity index (χ4v) is 4.38. The van der Waals surface area contributed by atoms with Gasteiger partial charge in [-0.15, -0.1) is 0 Å². The molecule has 1 fully saturated rings. The van der Waals surface area contributed by atoms with Crippen LogP contribution in [0.1, 0.15) is 42.5 Å². The lowest BCUT2D eigenvalue weighted by Gasteiger charge is -2.25. The van der Waals surface area contributed by atoms with Gasteiger partial charge in [-0.25, -0.2) is 4.98 Å². The van der Waals surface area contributed by atoms with E-state index in [9.17, 15) is 0 Å². The zero-order valence-electron chi connectivity index (χ0n) is 17.4. The van der Waals surface area contributed by atoms with Crippen molar-refractivity contribution in [1.82, 2.24) is 9.97 Å². The predicted molar refractivity (Wildman–Crippen MR) is 125 cm³/mol. The first kappa shape index (κ1) is 20.8. The molecule has 2 aromatic heterocycles. The van der Waals surface area contributed by atoms with Gasteiger partial charge < -0.3 is 11.1 Å². The average molecular weight is 421 g/mol. The second kappa shape index (κ2) is 9.59. The Bertz CT molecular complexity index is 996. The van der Waals surface area contributed by atoms with E-state index < -0.39 is 0 Å². The van der Waals surface area contributed by atoms with E-state index in [0.717, 1.165) is 48.6 Å². The maximum absolute atomic E-state index is 6.50. The molecule has 5 heteroatoms. The number of anilines is 1. The molecule has 30 heavy (non-hydrogen) atoms. The maximum Gasteiger partial charge on any atom is 0.126 e. The summed E-state index contributed by atoms with van der Waals surface area (Å²) in [4.78, 5) is 9.38. The van der Waals surface area contributed by atoms with E-state index in [1.807, 2.05) is 18.2 Å². The molecule has 4 nitrogen and oxygen atoms in total. The van der Waals surface area contributed by atoms with Crippen LogP contribution in [0, 0.1) is 12.8 Å². The lowest BCUT2D eigenvalue weighted by molar-refractivity contribution is 0.323. The molecule has 3 aromatic rings. The molecule has 1 aliphatic carbocycles. The third-order valence-corrected chi connectivity index (χ3v) is 6.18. The number of nitrogens with one attached hydrogen (secondary N) is 1. The molecule has 0 unspecified atom stereocenters. The summed E-state index contributed by atoms with van der Waals surface area (Å²) in [7, 11) is 0. The maximum atomic E-state index is 6.50. The summed E-state index contributed by atoms with van der Waals surface area (Å²) in [5.41, 5.74) is 11.4. The number of aromatic nitrogens is 2. The third-order valence-electron chi connectivity index (χ3n) is 5.88. The molecule has 1 aromatic carbocycles. The van der Waals surface area contributed by atoms with Crippen LogP contribution in [0.15, 0.2) is 54.7 Å². The second-order valence-electron chi connectivity index (χ2n) is 8.39. The zero-order valence-corrected chi connectivity index (χ0v) is 18.2. The Morgan fingerprint density at radius 1 is 1.07 bits per heavy atom. The summed E-state index contributed by atoms with van der Waals surface area (Å²) in [6.07, 6.45) is 7.31. The highest BCUT2D eigenvalue weighted by atomic mass is 35.5. The smallest absolute Gasteiger partial charge is 0.126 e. The topological polar surface area (TPSA) is 63.8 Å². The Morgan fingerprint density at radius 3 is 2.67 bits per heavy atom. The molecule has 0 amide bonds. The Kier molecular flexibility index (Phi) is 6.66. The SMILES string of the molecule is Cc1cccc(CNc2cccc(-c3cc(CC4CCC(N)CC4)ncc3Cl)n2)c1. The molecule has 0 atom stereocenters. The normalized spacial score (nSPS) is 18.9. The number of pyridine rings is 2. The van der Waals surface area contributed by atoms with Gasteiger partial charge >= 0.3 is 0 Å². The first-order chi connectivity index (χ1) is 14.6. The quantitative estimate of drug-likeness (QED) is 0.530. The van der Waals surface area contributed by atoms with Gasteiger partial charge in [0.25, 0.3) is 0 Å². The van der Waals surface area contributed by atoms with Crippen LogP contribution in [0.25, 0.3) is 11.3 Å². The molecule has 156 valence electrons. The van der Waals surface area contributed by atoms with E-state index in [1.54, 1.807) is 6.20 Å². The number of nitrogens with two attached hydrogens (primary N) is 1. The fourth-order valence-electron chi connectivity index (χ4n) is 4.18. The summed E-state index contributed by atoms with van der Waals surface area (Å²) >= 11 is 6.50. The zero-order chi connectivity index (χ0) is 20.9. The van der Waals surface area contributed by atoms with Crippen LogP contribution in [0.3, 0.4) is 0 Å². The summed E-state index contributed by atoms with van der Waals surface area (Å²) in [5.74, 6) is 1.49. The number of hydrogen-bond donors (Lipinski definition) is 2. The van der Waals surface area contributed by atoms with Gasteiger partial charge in [0, 0.05) is 30.0 Å². The largest absolute Gasteiger partial charge is 0.366 e. The van der Waals surface area contributed by atoms with Crippen molar-refractivity contribution >= 4 is 17.4 Å². The van der Waals surface area contributed by atoms with E-state index in [2.05, 4.69) is 47.6 Å². The van der Waals surface area contributed by atoms with Gasteiger partial charge in [0.05, 0.1) is 10.7 Å². The number of halogens is 1. The van der Waals surface area contributed by atoms with Crippen LogP contribution in [-0.4, -0.2) is 16.0 Å². The third kappa shape index (κ3) is 5.38. The van der Waals surface area contributed by atoms with E-state index in [-0.39, 0.29) is 0 Å². The Hall–Kier alpha value is -2.43. The molecular weight excluding hydrogens is 392 g/mol. The van der Waals surface area contributed by atoms with Crippen molar-refractivity contribution in [3.63, 3.8) is 0 Å². The van der Waals surface area contributed by atoms with Crippen molar-refractivity contribution in [3.05, 3.63) is 76.6 Å². The molecular formula is C25H29ClN4. The van der Waals surface area contributed by atoms with Crippen molar-refractivity contribution in [1.29, 1.82) is 0 Å². The van der Waals surface area contributed by atoms with Crippen LogP contribution in [-0.2, 0) is 13.0 Å². The van der Waals surface area contributed by atoms with Gasteiger partial charge in [0.15, 0.2) is 0 Å². The van der Waals surface area contributed by atoms with Gasteiger partial charge in [-0.3, -0.25) is 4.98 Å². The second-order valence-corrected chi connectivity index (χ2v) is 8.80. The Morgan fingerprint density at radius 2 is 1.87 bits per heavy atom. The summed E-state index contributed by atoms with van der Waals surface area (Å²) in [6, 6.07) is 17.0. The Labute approximate surface area is 183 Å². The monoisotopic (exact) mass is 420 g/mol. The number of rotatable bonds is 6. The molecule has 2 heterocycles. The summed E-state index contributed by atoms with van der Waals surface area (Å²) in [5, 5.41) is 4.05. The van der Waals surface area contributed by atoms with Gasteiger partial charge in [-0.2, -0.15) is 0 Å². The highest BCUT2D eigenvalue weighted by Crippen LogP contribution is 2.30. The van der Waals surface area contributed by atoms with Gasteiger partial charge in [0.2, 0.25) is 0 Å². The van der Waals surface area contributed by atoms with E-state index in [1.165, 1.54) is 24.0 Å². The van der Waals surface area contributed by atoms with E-state index in [0.29, 0.717) is 17.0 Å². The van der Waals surface area contributed by atoms with Crippen molar-refractivity contribution in [2.45, 2.75) is 51.6 Å². The first-order valence-electron chi connectivity index (χ1n) is 10.7. The summed E-state index contributed by atoms with van der Waals surface area (Å²) in [6.45, 7) is 2.84. The average Bonchev–Trinajstić information content (AvgIpc) is 2.75. The first-order valence-corrected chi connectivity index (χ1v) is 11.1. The minimum atomic E-state index is 0.370. The van der Waals surface area contributed by atoms with E-state index in [4.69, 9.17) is 22.3 Å². The molecule has 0 spiro atoms. The van der Waals surface area contributed by atoms with Crippen molar-refractivity contribution in [3.8, 4) is 11.3 Å². The predicted octanol–water partition coefficient (Wildman–Crippen LogP) is 5.78. The van der Waals surface area contributed by atoms with Gasteiger partial charge in [-0.05, 0) is 68.7 Å². The summed E-state index contributed by atoms with van der Waals surface area (Å²) < 4.78 is 0. The van der Waals surface area contributed by atoms with Gasteiger partial charge in [0.1, 0.15) is 5.82 Å². The minimum absolute atomic E-state index is 0.370. The number of nitrogens with zero attached hydrogens (tertiary/aromatic N) is 2. The lowest BCUT2D eigenvalue weighted by atomic mass is 9.83. The van der Waals surface area contributed by atoms with Crippen LogP contribution in [0.4, 0.5) is 5.82 Å². The van der Waals surface area contributed by atoms with Crippen molar-refractivity contribution in [2.24, 2.45) is 11.7 Å². The molecule has 0 radical (unpaired) electrons. The van der Waals surface area contributed by atoms with Crippen LogP contribution in [0.2, 0.25) is 5.02 Å².